The predicted octanol–water partition coefficient (Wildman–Crippen LogP) is 3.65. The maximum Gasteiger partial charge on any atom is 0.338 e. The van der Waals surface area contributed by atoms with E-state index in [-0.39, 0.29) is 5.97 Å². The molecule has 1 aromatic rings. The first kappa shape index (κ1) is 11.9. The zero-order valence-corrected chi connectivity index (χ0v) is 10.2. The van der Waals surface area contributed by atoms with Crippen molar-refractivity contribution in [1.29, 1.82) is 0 Å². The first-order valence-electron chi connectivity index (χ1n) is 6.17. The molecular formula is C15H18O2. The lowest BCUT2D eigenvalue weighted by atomic mass is 10.1. The summed E-state index contributed by atoms with van der Waals surface area (Å²) in [5, 5.41) is 0. The van der Waals surface area contributed by atoms with Gasteiger partial charge in [-0.2, -0.15) is 0 Å². The van der Waals surface area contributed by atoms with E-state index in [1.165, 1.54) is 12.8 Å². The highest BCUT2D eigenvalue weighted by molar-refractivity contribution is 5.89. The maximum atomic E-state index is 11.6. The van der Waals surface area contributed by atoms with Crippen molar-refractivity contribution in [3.8, 4) is 0 Å². The molecule has 1 aliphatic carbocycles. The van der Waals surface area contributed by atoms with Crippen LogP contribution >= 0.6 is 0 Å². The van der Waals surface area contributed by atoms with E-state index in [1.807, 2.05) is 31.2 Å². The van der Waals surface area contributed by atoms with Crippen molar-refractivity contribution in [3.63, 3.8) is 0 Å². The Morgan fingerprint density at radius 1 is 1.24 bits per heavy atom. The van der Waals surface area contributed by atoms with Gasteiger partial charge in [-0.15, -0.1) is 0 Å². The van der Waals surface area contributed by atoms with Gasteiger partial charge < -0.3 is 4.74 Å². The minimum absolute atomic E-state index is 0.212. The number of hydrogen-bond donors (Lipinski definition) is 0. The minimum Gasteiger partial charge on any atom is -0.462 e. The number of unbranched alkanes of at least 4 members (excludes halogenated alkanes) is 1. The number of hydrogen-bond acceptors (Lipinski definition) is 2. The lowest BCUT2D eigenvalue weighted by Gasteiger charge is -2.04. The van der Waals surface area contributed by atoms with Gasteiger partial charge in [0.1, 0.15) is 0 Å². The number of ether oxygens (including phenoxy) is 1. The zero-order valence-electron chi connectivity index (χ0n) is 10.2. The van der Waals surface area contributed by atoms with Crippen molar-refractivity contribution in [1.82, 2.24) is 0 Å². The minimum atomic E-state index is -0.212. The number of rotatable bonds is 6. The summed E-state index contributed by atoms with van der Waals surface area (Å²) in [5.41, 5.74) is 3.34. The van der Waals surface area contributed by atoms with E-state index in [9.17, 15) is 4.79 Å². The molecular weight excluding hydrogens is 212 g/mol. The van der Waals surface area contributed by atoms with Gasteiger partial charge in [0, 0.05) is 0 Å². The second-order valence-electron chi connectivity index (χ2n) is 4.53. The fourth-order valence-corrected chi connectivity index (χ4v) is 1.67. The summed E-state index contributed by atoms with van der Waals surface area (Å²) >= 11 is 0. The molecule has 2 nitrogen and oxygen atoms in total. The number of aryl methyl sites for hydroxylation is 1. The quantitative estimate of drug-likeness (QED) is 0.423. The Bertz CT molecular complexity index is 415. The molecule has 1 aromatic carbocycles. The second-order valence-corrected chi connectivity index (χ2v) is 4.53. The van der Waals surface area contributed by atoms with Gasteiger partial charge in [0.15, 0.2) is 0 Å². The number of carbonyl (C=O) groups is 1. The Morgan fingerprint density at radius 2 is 1.94 bits per heavy atom. The smallest absolute Gasteiger partial charge is 0.338 e. The molecule has 0 saturated heterocycles. The van der Waals surface area contributed by atoms with Crippen molar-refractivity contribution >= 4 is 5.97 Å². The van der Waals surface area contributed by atoms with Crippen LogP contribution in [-0.4, -0.2) is 12.6 Å². The molecule has 90 valence electrons. The third kappa shape index (κ3) is 4.06. The van der Waals surface area contributed by atoms with E-state index in [4.69, 9.17) is 4.74 Å². The molecule has 0 aromatic heterocycles. The molecule has 2 rings (SSSR count). The summed E-state index contributed by atoms with van der Waals surface area (Å²) in [6.07, 6.45) is 6.69. The summed E-state index contributed by atoms with van der Waals surface area (Å²) in [7, 11) is 0. The normalized spacial score (nSPS) is 13.1. The van der Waals surface area contributed by atoms with Crippen LogP contribution in [0.3, 0.4) is 0 Å². The van der Waals surface area contributed by atoms with Crippen LogP contribution in [0.4, 0.5) is 0 Å². The highest BCUT2D eigenvalue weighted by Gasteiger charge is 2.08. The summed E-state index contributed by atoms with van der Waals surface area (Å²) in [5.74, 6) is -0.212. The third-order valence-electron chi connectivity index (χ3n) is 2.91. The standard InChI is InChI=1S/C15H18O2/c1-12-5-9-14(10-6-12)15(16)17-11-3-2-4-13-7-8-13/h5-7,9-10H,2-4,8,11H2,1H3. The predicted molar refractivity (Wildman–Crippen MR) is 68.0 cm³/mol. The van der Waals surface area contributed by atoms with Crippen molar-refractivity contribution in [2.45, 2.75) is 32.6 Å². The molecule has 0 atom stereocenters. The Labute approximate surface area is 102 Å². The van der Waals surface area contributed by atoms with E-state index in [0.29, 0.717) is 12.2 Å². The zero-order chi connectivity index (χ0) is 12.1. The third-order valence-corrected chi connectivity index (χ3v) is 2.91. The van der Waals surface area contributed by atoms with Crippen LogP contribution in [0.5, 0.6) is 0 Å². The summed E-state index contributed by atoms with van der Waals surface area (Å²) < 4.78 is 5.21. The van der Waals surface area contributed by atoms with Gasteiger partial charge in [-0.25, -0.2) is 4.79 Å². The molecule has 17 heavy (non-hydrogen) atoms. The Hall–Kier alpha value is -1.57. The van der Waals surface area contributed by atoms with E-state index in [1.54, 1.807) is 5.57 Å². The van der Waals surface area contributed by atoms with Gasteiger partial charge in [-0.05, 0) is 44.7 Å². The molecule has 0 fully saturated rings. The second kappa shape index (κ2) is 5.67. The summed E-state index contributed by atoms with van der Waals surface area (Å²) in [6.45, 7) is 2.53. The monoisotopic (exact) mass is 230 g/mol. The van der Waals surface area contributed by atoms with Crippen molar-refractivity contribution in [2.24, 2.45) is 0 Å². The lowest BCUT2D eigenvalue weighted by molar-refractivity contribution is 0.0498. The van der Waals surface area contributed by atoms with E-state index in [0.717, 1.165) is 18.4 Å². The van der Waals surface area contributed by atoms with Crippen LogP contribution in [0.25, 0.3) is 0 Å². The van der Waals surface area contributed by atoms with E-state index >= 15 is 0 Å². The molecule has 2 heteroatoms. The first-order chi connectivity index (χ1) is 8.25. The molecule has 0 heterocycles. The Kier molecular flexibility index (Phi) is 3.97. The molecule has 0 N–H and O–H groups in total. The molecule has 1 aliphatic rings. The van der Waals surface area contributed by atoms with Gasteiger partial charge in [0.25, 0.3) is 0 Å². The van der Waals surface area contributed by atoms with Gasteiger partial charge in [-0.3, -0.25) is 0 Å². The highest BCUT2D eigenvalue weighted by atomic mass is 16.5. The first-order valence-corrected chi connectivity index (χ1v) is 6.17. The fourth-order valence-electron chi connectivity index (χ4n) is 1.67. The van der Waals surface area contributed by atoms with Gasteiger partial charge in [-0.1, -0.05) is 29.3 Å². The number of allylic oxidation sites excluding steroid dienone is 2. The Morgan fingerprint density at radius 3 is 2.59 bits per heavy atom. The number of carbonyl (C=O) groups excluding carboxylic acids is 1. The van der Waals surface area contributed by atoms with Gasteiger partial charge in [0.05, 0.1) is 12.2 Å². The van der Waals surface area contributed by atoms with Gasteiger partial charge in [0.2, 0.25) is 0 Å². The van der Waals surface area contributed by atoms with Crippen molar-refractivity contribution < 1.29 is 9.53 Å². The number of esters is 1. The van der Waals surface area contributed by atoms with Crippen molar-refractivity contribution in [2.75, 3.05) is 6.61 Å². The van der Waals surface area contributed by atoms with E-state index in [2.05, 4.69) is 6.08 Å². The molecule has 0 unspecified atom stereocenters. The van der Waals surface area contributed by atoms with Crippen LogP contribution < -0.4 is 0 Å². The van der Waals surface area contributed by atoms with Crippen LogP contribution in [0.2, 0.25) is 0 Å². The summed E-state index contributed by atoms with van der Waals surface area (Å²) in [4.78, 5) is 11.6. The Balaban J connectivity index is 1.65. The molecule has 0 aliphatic heterocycles. The van der Waals surface area contributed by atoms with E-state index < -0.39 is 0 Å². The number of benzene rings is 1. The topological polar surface area (TPSA) is 26.3 Å². The largest absolute Gasteiger partial charge is 0.462 e. The molecule has 0 radical (unpaired) electrons. The molecule has 0 amide bonds. The summed E-state index contributed by atoms with van der Waals surface area (Å²) in [6, 6.07) is 7.48. The molecule has 0 bridgehead atoms. The van der Waals surface area contributed by atoms with Crippen LogP contribution in [0, 0.1) is 6.92 Å². The average Bonchev–Trinajstić information content (AvgIpc) is 3.13. The van der Waals surface area contributed by atoms with Crippen molar-refractivity contribution in [3.05, 3.63) is 47.0 Å². The van der Waals surface area contributed by atoms with Gasteiger partial charge >= 0.3 is 5.97 Å². The highest BCUT2D eigenvalue weighted by Crippen LogP contribution is 2.24. The van der Waals surface area contributed by atoms with Crippen LogP contribution in [0.15, 0.2) is 35.9 Å². The SMILES string of the molecule is Cc1ccc(C(=O)OCCCCC2=CC2)cc1. The fraction of sp³-hybridized carbons (Fsp3) is 0.400. The average molecular weight is 230 g/mol. The van der Waals surface area contributed by atoms with Crippen LogP contribution in [-0.2, 0) is 4.74 Å². The maximum absolute atomic E-state index is 11.6. The molecule has 0 saturated carbocycles. The molecule has 0 spiro atoms. The lowest BCUT2D eigenvalue weighted by Crippen LogP contribution is -2.06. The van der Waals surface area contributed by atoms with Crippen LogP contribution in [0.1, 0.15) is 41.6 Å².